The van der Waals surface area contributed by atoms with Gasteiger partial charge in [0.05, 0.1) is 18.0 Å². The standard InChI is InChI=1S/C25H24ClN4O3S/c26-23-11-4-5-12-24(23)29-34(32,33)22-10-6-9-20(17-22)25(31)28-27-21-13-15-30(16-14-21)18-19-7-2-1-3-8-19/h1-12,17H,13-16,18H2,(H,28,31)/q-1/p+1. The van der Waals surface area contributed by atoms with Gasteiger partial charge in [-0.2, -0.15) is 5.10 Å². The van der Waals surface area contributed by atoms with E-state index >= 15 is 0 Å². The molecule has 0 radical (unpaired) electrons. The quantitative estimate of drug-likeness (QED) is 0.488. The molecule has 2 N–H and O–H groups in total. The molecule has 0 atom stereocenters. The number of nitrogens with one attached hydrogen (secondary N) is 2. The number of hydrazone groups is 1. The average Bonchev–Trinajstić information content (AvgIpc) is 2.85. The number of hydrogen-bond acceptors (Lipinski definition) is 4. The van der Waals surface area contributed by atoms with Crippen LogP contribution in [0.3, 0.4) is 0 Å². The van der Waals surface area contributed by atoms with Crippen LogP contribution in [0.2, 0.25) is 5.02 Å². The fourth-order valence-electron chi connectivity index (χ4n) is 3.77. The highest BCUT2D eigenvalue weighted by atomic mass is 35.5. The van der Waals surface area contributed by atoms with Gasteiger partial charge in [-0.1, -0.05) is 66.2 Å². The lowest BCUT2D eigenvalue weighted by molar-refractivity contribution is -0.914. The van der Waals surface area contributed by atoms with Crippen molar-refractivity contribution in [2.24, 2.45) is 5.10 Å². The molecule has 1 aliphatic heterocycles. The predicted molar refractivity (Wildman–Crippen MR) is 133 cm³/mol. The predicted octanol–water partition coefficient (Wildman–Crippen LogP) is 3.70. The first-order valence-corrected chi connectivity index (χ1v) is 12.8. The van der Waals surface area contributed by atoms with Gasteiger partial charge < -0.3 is 9.62 Å². The molecule has 7 nitrogen and oxygen atoms in total. The summed E-state index contributed by atoms with van der Waals surface area (Å²) in [5.41, 5.74) is 5.14. The topological polar surface area (TPSA) is 94.1 Å². The molecule has 0 aromatic heterocycles. The van der Waals surface area contributed by atoms with E-state index in [1.54, 1.807) is 18.2 Å². The molecule has 9 heteroatoms. The Bertz CT molecular complexity index is 1290. The molecule has 1 saturated heterocycles. The van der Waals surface area contributed by atoms with Crippen LogP contribution >= 0.6 is 11.6 Å². The largest absolute Gasteiger partial charge is 0.572 e. The second-order valence-corrected chi connectivity index (χ2v) is 10.1. The van der Waals surface area contributed by atoms with E-state index in [2.05, 4.69) is 27.4 Å². The first kappa shape index (κ1) is 23.9. The van der Waals surface area contributed by atoms with E-state index in [4.69, 9.17) is 11.6 Å². The molecular weight excluding hydrogens is 472 g/mol. The van der Waals surface area contributed by atoms with Crippen LogP contribution in [-0.2, 0) is 16.6 Å². The van der Waals surface area contributed by atoms with Crippen molar-refractivity contribution < 1.29 is 18.1 Å². The monoisotopic (exact) mass is 496 g/mol. The highest BCUT2D eigenvalue weighted by Gasteiger charge is 2.19. The van der Waals surface area contributed by atoms with Crippen molar-refractivity contribution in [3.05, 3.63) is 99.7 Å². The summed E-state index contributed by atoms with van der Waals surface area (Å²) in [6, 6.07) is 22.5. The third-order valence-corrected chi connectivity index (χ3v) is 7.22. The number of carbonyl (C=O) groups excluding carboxylic acids is 1. The Morgan fingerprint density at radius 3 is 2.41 bits per heavy atom. The van der Waals surface area contributed by atoms with E-state index in [1.807, 2.05) is 18.2 Å². The molecule has 0 unspecified atom stereocenters. The lowest BCUT2D eigenvalue weighted by atomic mass is 10.1. The van der Waals surface area contributed by atoms with Gasteiger partial charge in [-0.25, -0.2) is 13.8 Å². The number of likely N-dealkylation sites (tertiary alicyclic amines) is 1. The van der Waals surface area contributed by atoms with Gasteiger partial charge in [-0.15, -0.1) is 5.69 Å². The van der Waals surface area contributed by atoms with Crippen LogP contribution < -0.4 is 10.3 Å². The number of nitrogens with zero attached hydrogens (tertiary/aromatic N) is 2. The summed E-state index contributed by atoms with van der Waals surface area (Å²) < 4.78 is 29.2. The summed E-state index contributed by atoms with van der Waals surface area (Å²) in [7, 11) is -4.04. The van der Waals surface area contributed by atoms with Crippen molar-refractivity contribution in [2.45, 2.75) is 24.3 Å². The highest BCUT2D eigenvalue weighted by molar-refractivity contribution is 7.94. The van der Waals surface area contributed by atoms with Crippen LogP contribution in [0.15, 0.2) is 88.9 Å². The zero-order valence-electron chi connectivity index (χ0n) is 18.4. The lowest BCUT2D eigenvalue weighted by Gasteiger charge is -2.24. The molecule has 0 spiro atoms. The van der Waals surface area contributed by atoms with E-state index in [0.717, 1.165) is 38.2 Å². The second-order valence-electron chi connectivity index (χ2n) is 8.08. The van der Waals surface area contributed by atoms with Crippen molar-refractivity contribution >= 4 is 38.9 Å². The Balaban J connectivity index is 1.35. The molecule has 1 amide bonds. The fraction of sp³-hybridized carbons (Fsp3) is 0.200. The van der Waals surface area contributed by atoms with Crippen molar-refractivity contribution in [2.75, 3.05) is 13.1 Å². The van der Waals surface area contributed by atoms with Gasteiger partial charge >= 0.3 is 0 Å². The van der Waals surface area contributed by atoms with Gasteiger partial charge in [0.25, 0.3) is 5.91 Å². The number of benzene rings is 3. The van der Waals surface area contributed by atoms with Gasteiger partial charge in [0, 0.05) is 34.7 Å². The van der Waals surface area contributed by atoms with Crippen LogP contribution in [0.25, 0.3) is 4.72 Å². The third-order valence-electron chi connectivity index (χ3n) is 5.61. The number of amides is 1. The Kier molecular flexibility index (Phi) is 7.62. The minimum atomic E-state index is -4.04. The molecule has 34 heavy (non-hydrogen) atoms. The number of sulfonamides is 1. The van der Waals surface area contributed by atoms with E-state index in [1.165, 1.54) is 40.8 Å². The SMILES string of the molecule is O=C(NN=C1CC[NH+](Cc2ccccc2)CC1)c1cccc(S(=O)(=O)[N-]c2ccccc2Cl)c1. The Hall–Kier alpha value is -3.20. The minimum absolute atomic E-state index is 0.0921. The van der Waals surface area contributed by atoms with Crippen LogP contribution in [0.4, 0.5) is 5.69 Å². The summed E-state index contributed by atoms with van der Waals surface area (Å²) in [5.74, 6) is -0.471. The van der Waals surface area contributed by atoms with Gasteiger partial charge in [0.1, 0.15) is 16.6 Å². The first-order chi connectivity index (χ1) is 16.4. The third kappa shape index (κ3) is 6.22. The summed E-state index contributed by atoms with van der Waals surface area (Å²) in [6.07, 6.45) is 1.60. The Morgan fingerprint density at radius 1 is 0.971 bits per heavy atom. The minimum Gasteiger partial charge on any atom is -0.572 e. The van der Waals surface area contributed by atoms with E-state index in [0.29, 0.717) is 0 Å². The van der Waals surface area contributed by atoms with Crippen LogP contribution in [0.5, 0.6) is 0 Å². The molecule has 3 aromatic rings. The Labute approximate surface area is 204 Å². The van der Waals surface area contributed by atoms with Crippen LogP contribution in [0, 0.1) is 0 Å². The van der Waals surface area contributed by atoms with Crippen molar-refractivity contribution in [1.82, 2.24) is 5.43 Å². The fourth-order valence-corrected chi connectivity index (χ4v) is 5.04. The van der Waals surface area contributed by atoms with Gasteiger partial charge in [-0.3, -0.25) is 4.79 Å². The van der Waals surface area contributed by atoms with Gasteiger partial charge in [0.2, 0.25) is 0 Å². The maximum Gasteiger partial charge on any atom is 0.271 e. The molecule has 176 valence electrons. The molecule has 0 bridgehead atoms. The number of carbonyl (C=O) groups is 1. The summed E-state index contributed by atoms with van der Waals surface area (Å²) in [5, 5.41) is 4.51. The van der Waals surface area contributed by atoms with E-state index in [-0.39, 0.29) is 21.2 Å². The van der Waals surface area contributed by atoms with Crippen molar-refractivity contribution in [3.8, 4) is 0 Å². The van der Waals surface area contributed by atoms with Crippen molar-refractivity contribution in [1.29, 1.82) is 0 Å². The lowest BCUT2D eigenvalue weighted by Crippen LogP contribution is -3.11. The molecule has 1 aliphatic rings. The average molecular weight is 497 g/mol. The van der Waals surface area contributed by atoms with Crippen molar-refractivity contribution in [3.63, 3.8) is 0 Å². The summed E-state index contributed by atoms with van der Waals surface area (Å²) >= 11 is 6.03. The number of piperidine rings is 1. The molecule has 4 rings (SSSR count). The number of halogens is 1. The normalized spacial score (nSPS) is 16.0. The van der Waals surface area contributed by atoms with Gasteiger partial charge in [0.15, 0.2) is 0 Å². The van der Waals surface area contributed by atoms with E-state index in [9.17, 15) is 13.2 Å². The zero-order chi connectivity index (χ0) is 24.0. The molecule has 1 heterocycles. The first-order valence-electron chi connectivity index (χ1n) is 11.0. The van der Waals surface area contributed by atoms with E-state index < -0.39 is 15.9 Å². The smallest absolute Gasteiger partial charge is 0.271 e. The number of hydrogen-bond donors (Lipinski definition) is 2. The molecule has 3 aromatic carbocycles. The number of rotatable bonds is 7. The summed E-state index contributed by atoms with van der Waals surface area (Å²) in [4.78, 5) is 14.0. The highest BCUT2D eigenvalue weighted by Crippen LogP contribution is 2.33. The number of quaternary nitrogens is 1. The molecule has 1 fully saturated rings. The summed E-state index contributed by atoms with van der Waals surface area (Å²) in [6.45, 7) is 2.86. The maximum absolute atomic E-state index is 12.7. The van der Waals surface area contributed by atoms with Crippen LogP contribution in [0.1, 0.15) is 28.8 Å². The zero-order valence-corrected chi connectivity index (χ0v) is 20.0. The Morgan fingerprint density at radius 2 is 1.68 bits per heavy atom. The maximum atomic E-state index is 12.7. The molecule has 0 aliphatic carbocycles. The van der Waals surface area contributed by atoms with Crippen LogP contribution in [-0.4, -0.2) is 33.1 Å². The second kappa shape index (κ2) is 10.8. The molecular formula is C25H25ClN4O3S. The van der Waals surface area contributed by atoms with Gasteiger partial charge in [-0.05, 0) is 24.3 Å². The molecule has 0 saturated carbocycles.